The number of rotatable bonds is 7. The number of likely N-dealkylation sites (N-methyl/N-ethyl adjacent to an activating group) is 1. The zero-order valence-corrected chi connectivity index (χ0v) is 9.41. The Kier molecular flexibility index (Phi) is 6.64. The second-order valence-electron chi connectivity index (χ2n) is 3.69. The minimum absolute atomic E-state index is 0. The minimum Gasteiger partial charge on any atom is -1.00 e. The van der Waals surface area contributed by atoms with Gasteiger partial charge in [0.25, 0.3) is 0 Å². The molecule has 1 unspecified atom stereocenters. The molecule has 0 aromatic heterocycles. The van der Waals surface area contributed by atoms with Gasteiger partial charge in [0, 0.05) is 0 Å². The van der Waals surface area contributed by atoms with E-state index in [0.29, 0.717) is 6.10 Å². The van der Waals surface area contributed by atoms with E-state index in [2.05, 4.69) is 6.92 Å². The molecule has 2 N–H and O–H groups in total. The summed E-state index contributed by atoms with van der Waals surface area (Å²) in [6, 6.07) is 0. The van der Waals surface area contributed by atoms with Crippen molar-refractivity contribution in [3.63, 3.8) is 0 Å². The first-order valence-corrected chi connectivity index (χ1v) is 4.95. The van der Waals surface area contributed by atoms with Crippen LogP contribution in [-0.4, -0.2) is 66.8 Å². The SMILES string of the molecule is CC[N+](CCO)(CCO)CC1CO1.[Cl-]. The molecule has 1 saturated heterocycles. The number of nitrogens with zero attached hydrogens (tertiary/aromatic N) is 1. The summed E-state index contributed by atoms with van der Waals surface area (Å²) in [5.74, 6) is 0. The van der Waals surface area contributed by atoms with Gasteiger partial charge in [-0.15, -0.1) is 0 Å². The van der Waals surface area contributed by atoms with Gasteiger partial charge in [-0.05, 0) is 6.92 Å². The van der Waals surface area contributed by atoms with E-state index in [1.165, 1.54) is 0 Å². The number of hydrogen-bond acceptors (Lipinski definition) is 3. The van der Waals surface area contributed by atoms with Crippen LogP contribution in [0.1, 0.15) is 6.92 Å². The lowest BCUT2D eigenvalue weighted by molar-refractivity contribution is -0.927. The summed E-state index contributed by atoms with van der Waals surface area (Å²) in [6.07, 6.45) is 0.359. The van der Waals surface area contributed by atoms with Gasteiger partial charge in [0.2, 0.25) is 0 Å². The Hall–Kier alpha value is 0.130. The molecular formula is C9H20ClNO3. The topological polar surface area (TPSA) is 53.0 Å². The zero-order valence-electron chi connectivity index (χ0n) is 8.65. The van der Waals surface area contributed by atoms with E-state index in [1.807, 2.05) is 0 Å². The second kappa shape index (κ2) is 6.58. The predicted octanol–water partition coefficient (Wildman–Crippen LogP) is -3.79. The van der Waals surface area contributed by atoms with Gasteiger partial charge >= 0.3 is 0 Å². The molecule has 0 radical (unpaired) electrons. The van der Waals surface area contributed by atoms with Gasteiger partial charge in [-0.25, -0.2) is 0 Å². The summed E-state index contributed by atoms with van der Waals surface area (Å²) >= 11 is 0. The summed E-state index contributed by atoms with van der Waals surface area (Å²) in [4.78, 5) is 0. The Morgan fingerprint density at radius 3 is 2.07 bits per heavy atom. The number of ether oxygens (including phenoxy) is 1. The third-order valence-electron chi connectivity index (χ3n) is 2.81. The molecule has 1 rings (SSSR count). The van der Waals surface area contributed by atoms with Gasteiger partial charge in [0.05, 0.1) is 26.4 Å². The highest BCUT2D eigenvalue weighted by Gasteiger charge is 2.35. The van der Waals surface area contributed by atoms with Crippen molar-refractivity contribution in [1.29, 1.82) is 0 Å². The van der Waals surface area contributed by atoms with Gasteiger partial charge < -0.3 is 31.8 Å². The quantitative estimate of drug-likeness (QED) is 0.345. The maximum absolute atomic E-state index is 8.95. The van der Waals surface area contributed by atoms with Crippen LogP contribution in [0.3, 0.4) is 0 Å². The molecule has 0 spiro atoms. The lowest BCUT2D eigenvalue weighted by atomic mass is 10.3. The predicted molar refractivity (Wildman–Crippen MR) is 49.3 cm³/mol. The summed E-state index contributed by atoms with van der Waals surface area (Å²) < 4.78 is 5.96. The summed E-state index contributed by atoms with van der Waals surface area (Å²) in [5.41, 5.74) is 0. The average molecular weight is 226 g/mol. The molecule has 0 saturated carbocycles. The zero-order chi connectivity index (χ0) is 9.73. The molecule has 1 atom stereocenters. The van der Waals surface area contributed by atoms with E-state index >= 15 is 0 Å². The Balaban J connectivity index is 0.00000169. The molecule has 1 heterocycles. The summed E-state index contributed by atoms with van der Waals surface area (Å²) in [7, 11) is 0. The minimum atomic E-state index is 0. The lowest BCUT2D eigenvalue weighted by Crippen LogP contribution is -3.00. The van der Waals surface area contributed by atoms with Crippen LogP contribution < -0.4 is 12.4 Å². The first-order chi connectivity index (χ1) is 6.26. The number of aliphatic hydroxyl groups is 2. The molecule has 86 valence electrons. The van der Waals surface area contributed by atoms with E-state index in [0.717, 1.165) is 37.3 Å². The fraction of sp³-hybridized carbons (Fsp3) is 1.00. The Morgan fingerprint density at radius 2 is 1.79 bits per heavy atom. The number of hydrogen-bond donors (Lipinski definition) is 2. The molecule has 1 aliphatic heterocycles. The van der Waals surface area contributed by atoms with E-state index in [9.17, 15) is 0 Å². The Morgan fingerprint density at radius 1 is 1.29 bits per heavy atom. The van der Waals surface area contributed by atoms with Gasteiger partial charge in [-0.1, -0.05) is 0 Å². The van der Waals surface area contributed by atoms with Crippen LogP contribution in [0.4, 0.5) is 0 Å². The molecular weight excluding hydrogens is 206 g/mol. The first kappa shape index (κ1) is 14.1. The van der Waals surface area contributed by atoms with Crippen LogP contribution in [0.2, 0.25) is 0 Å². The van der Waals surface area contributed by atoms with Crippen LogP contribution in [-0.2, 0) is 4.74 Å². The van der Waals surface area contributed by atoms with Gasteiger partial charge in [-0.2, -0.15) is 0 Å². The van der Waals surface area contributed by atoms with Gasteiger partial charge in [-0.3, -0.25) is 0 Å². The van der Waals surface area contributed by atoms with Crippen molar-refractivity contribution in [1.82, 2.24) is 0 Å². The normalized spacial score (nSPS) is 20.4. The van der Waals surface area contributed by atoms with E-state index in [1.54, 1.807) is 0 Å². The molecule has 5 heteroatoms. The van der Waals surface area contributed by atoms with Gasteiger partial charge in [0.15, 0.2) is 0 Å². The lowest BCUT2D eigenvalue weighted by Gasteiger charge is -2.36. The van der Waals surface area contributed by atoms with Crippen molar-refractivity contribution in [3.8, 4) is 0 Å². The molecule has 1 aliphatic rings. The maximum atomic E-state index is 8.95. The maximum Gasteiger partial charge on any atom is 0.130 e. The highest BCUT2D eigenvalue weighted by molar-refractivity contribution is 4.68. The number of quaternary nitrogens is 1. The van der Waals surface area contributed by atoms with E-state index in [4.69, 9.17) is 14.9 Å². The number of aliphatic hydroxyl groups excluding tert-OH is 2. The number of epoxide rings is 1. The highest BCUT2D eigenvalue weighted by Crippen LogP contribution is 2.16. The standard InChI is InChI=1S/C9H20NO3.ClH/c1-2-10(3-5-11,4-6-12)7-9-8-13-9;/h9,11-12H,2-8H2,1H3;1H/q+1;/p-1. The molecule has 0 amide bonds. The average Bonchev–Trinajstić information content (AvgIpc) is 2.89. The molecule has 0 aromatic carbocycles. The monoisotopic (exact) mass is 225 g/mol. The molecule has 1 fully saturated rings. The number of halogens is 1. The molecule has 0 aromatic rings. The summed E-state index contributed by atoms with van der Waals surface area (Å²) in [5, 5.41) is 17.9. The Bertz CT molecular complexity index is 147. The summed E-state index contributed by atoms with van der Waals surface area (Å²) in [6.45, 7) is 6.61. The Labute approximate surface area is 91.5 Å². The van der Waals surface area contributed by atoms with Crippen molar-refractivity contribution < 1.29 is 31.8 Å². The smallest absolute Gasteiger partial charge is 0.130 e. The fourth-order valence-electron chi connectivity index (χ4n) is 1.77. The third kappa shape index (κ3) is 4.11. The highest BCUT2D eigenvalue weighted by atomic mass is 35.5. The molecule has 0 aliphatic carbocycles. The third-order valence-corrected chi connectivity index (χ3v) is 2.81. The van der Waals surface area contributed by atoms with Crippen molar-refractivity contribution >= 4 is 0 Å². The van der Waals surface area contributed by atoms with Crippen LogP contribution >= 0.6 is 0 Å². The van der Waals surface area contributed by atoms with Gasteiger partial charge in [0.1, 0.15) is 25.7 Å². The largest absolute Gasteiger partial charge is 1.00 e. The van der Waals surface area contributed by atoms with E-state index < -0.39 is 0 Å². The van der Waals surface area contributed by atoms with Crippen LogP contribution in [0.5, 0.6) is 0 Å². The van der Waals surface area contributed by atoms with Crippen LogP contribution in [0, 0.1) is 0 Å². The second-order valence-corrected chi connectivity index (χ2v) is 3.69. The molecule has 0 bridgehead atoms. The molecule has 4 nitrogen and oxygen atoms in total. The van der Waals surface area contributed by atoms with Crippen molar-refractivity contribution in [2.45, 2.75) is 13.0 Å². The fourth-order valence-corrected chi connectivity index (χ4v) is 1.77. The van der Waals surface area contributed by atoms with Crippen molar-refractivity contribution in [3.05, 3.63) is 0 Å². The first-order valence-electron chi connectivity index (χ1n) is 4.95. The van der Waals surface area contributed by atoms with Crippen LogP contribution in [0.25, 0.3) is 0 Å². The van der Waals surface area contributed by atoms with Crippen LogP contribution in [0.15, 0.2) is 0 Å². The van der Waals surface area contributed by atoms with E-state index in [-0.39, 0.29) is 25.6 Å². The van der Waals surface area contributed by atoms with Crippen molar-refractivity contribution in [2.75, 3.05) is 46.0 Å². The molecule has 14 heavy (non-hydrogen) atoms. The van der Waals surface area contributed by atoms with Crippen molar-refractivity contribution in [2.24, 2.45) is 0 Å².